The molecule has 4 nitrogen and oxygen atoms in total. The van der Waals surface area contributed by atoms with Gasteiger partial charge in [-0.15, -0.1) is 0 Å². The third kappa shape index (κ3) is 3.41. The van der Waals surface area contributed by atoms with Gasteiger partial charge < -0.3 is 10.2 Å². The molecule has 104 valence electrons. The number of anilines is 1. The van der Waals surface area contributed by atoms with Crippen molar-refractivity contribution in [2.24, 2.45) is 0 Å². The van der Waals surface area contributed by atoms with Crippen LogP contribution in [0.25, 0.3) is 0 Å². The van der Waals surface area contributed by atoms with E-state index < -0.39 is 0 Å². The first-order valence-corrected chi connectivity index (χ1v) is 7.78. The lowest BCUT2D eigenvalue weighted by atomic mass is 10.1. The number of nitrogens with zero attached hydrogens (tertiary/aromatic N) is 2. The van der Waals surface area contributed by atoms with Crippen molar-refractivity contribution in [1.29, 1.82) is 0 Å². The van der Waals surface area contributed by atoms with Crippen LogP contribution in [0.15, 0.2) is 12.1 Å². The average molecular weight is 279 g/mol. The van der Waals surface area contributed by atoms with Gasteiger partial charge in [-0.25, -0.2) is 4.98 Å². The Bertz CT molecular complexity index is 442. The molecule has 2 rings (SSSR count). The van der Waals surface area contributed by atoms with E-state index in [2.05, 4.69) is 24.1 Å². The molecule has 1 N–H and O–H groups in total. The largest absolute Gasteiger partial charge is 0.373 e. The summed E-state index contributed by atoms with van der Waals surface area (Å²) >= 11 is 1.93. The molecular weight excluding hydrogens is 258 g/mol. The minimum Gasteiger partial charge on any atom is -0.373 e. The number of nitrogens with one attached hydrogen (secondary N) is 1. The highest BCUT2D eigenvalue weighted by Gasteiger charge is 2.23. The molecule has 1 unspecified atom stereocenters. The van der Waals surface area contributed by atoms with E-state index in [9.17, 15) is 4.79 Å². The Labute approximate surface area is 119 Å². The van der Waals surface area contributed by atoms with E-state index in [0.717, 1.165) is 42.3 Å². The molecule has 0 aliphatic carbocycles. The molecule has 0 bridgehead atoms. The first-order valence-electron chi connectivity index (χ1n) is 6.73. The molecule has 0 spiro atoms. The summed E-state index contributed by atoms with van der Waals surface area (Å²) < 4.78 is 0. The average Bonchev–Trinajstić information content (AvgIpc) is 2.45. The number of hydrogen-bond acceptors (Lipinski definition) is 4. The minimum atomic E-state index is 0.126. The topological polar surface area (TPSA) is 45.2 Å². The Morgan fingerprint density at radius 3 is 3.00 bits per heavy atom. The van der Waals surface area contributed by atoms with Crippen LogP contribution in [0.4, 0.5) is 5.82 Å². The summed E-state index contributed by atoms with van der Waals surface area (Å²) in [7, 11) is 1.83. The Morgan fingerprint density at radius 2 is 2.37 bits per heavy atom. The van der Waals surface area contributed by atoms with Gasteiger partial charge in [0.2, 0.25) is 0 Å². The molecular formula is C14H21N3OS. The maximum atomic E-state index is 12.5. The third-order valence-corrected chi connectivity index (χ3v) is 4.41. The normalized spacial score (nSPS) is 19.3. The zero-order valence-electron chi connectivity index (χ0n) is 11.8. The molecule has 19 heavy (non-hydrogen) atoms. The highest BCUT2D eigenvalue weighted by atomic mass is 32.2. The number of carbonyl (C=O) groups is 1. The summed E-state index contributed by atoms with van der Waals surface area (Å²) in [6, 6.07) is 3.75. The molecule has 1 atom stereocenters. The summed E-state index contributed by atoms with van der Waals surface area (Å²) in [5.74, 6) is 1.92. The molecule has 1 aromatic heterocycles. The number of rotatable bonds is 3. The van der Waals surface area contributed by atoms with Crippen molar-refractivity contribution in [3.05, 3.63) is 23.4 Å². The molecule has 1 amide bonds. The summed E-state index contributed by atoms with van der Waals surface area (Å²) in [4.78, 5) is 18.9. The van der Waals surface area contributed by atoms with E-state index in [0.29, 0.717) is 5.25 Å². The molecule has 0 saturated carbocycles. The molecule has 1 aliphatic rings. The number of aromatic nitrogens is 1. The third-order valence-electron chi connectivity index (χ3n) is 3.27. The van der Waals surface area contributed by atoms with E-state index in [1.165, 1.54) is 0 Å². The van der Waals surface area contributed by atoms with Crippen LogP contribution in [0.1, 0.15) is 29.9 Å². The van der Waals surface area contributed by atoms with Crippen molar-refractivity contribution in [1.82, 2.24) is 9.88 Å². The van der Waals surface area contributed by atoms with E-state index in [4.69, 9.17) is 0 Å². The van der Waals surface area contributed by atoms with Gasteiger partial charge in [0.05, 0.1) is 0 Å². The van der Waals surface area contributed by atoms with Crippen LogP contribution < -0.4 is 5.32 Å². The van der Waals surface area contributed by atoms with Crippen LogP contribution in [-0.2, 0) is 6.42 Å². The van der Waals surface area contributed by atoms with Gasteiger partial charge in [-0.1, -0.05) is 13.8 Å². The molecule has 0 radical (unpaired) electrons. The van der Waals surface area contributed by atoms with Crippen molar-refractivity contribution >= 4 is 23.5 Å². The standard InChI is InChI=1S/C14H21N3OS/c1-4-12-7-11(8-13(15-3)16-12)14(18)17-5-6-19-10(2)9-17/h7-8,10H,4-6,9H2,1-3H3,(H,15,16). The zero-order chi connectivity index (χ0) is 13.8. The maximum absolute atomic E-state index is 12.5. The van der Waals surface area contributed by atoms with Gasteiger partial charge in [0.25, 0.3) is 5.91 Å². The van der Waals surface area contributed by atoms with Crippen LogP contribution in [0.2, 0.25) is 0 Å². The maximum Gasteiger partial charge on any atom is 0.254 e. The first kappa shape index (κ1) is 14.2. The molecule has 1 fully saturated rings. The van der Waals surface area contributed by atoms with E-state index >= 15 is 0 Å². The fraction of sp³-hybridized carbons (Fsp3) is 0.571. The van der Waals surface area contributed by atoms with Gasteiger partial charge in [-0.2, -0.15) is 11.8 Å². The van der Waals surface area contributed by atoms with E-state index in [1.807, 2.05) is 35.8 Å². The van der Waals surface area contributed by atoms with Crippen molar-refractivity contribution < 1.29 is 4.79 Å². The molecule has 5 heteroatoms. The highest BCUT2D eigenvalue weighted by molar-refractivity contribution is 7.99. The SMILES string of the molecule is CCc1cc(C(=O)N2CCSC(C)C2)cc(NC)n1. The number of pyridine rings is 1. The predicted octanol–water partition coefficient (Wildman–Crippen LogP) is 2.26. The van der Waals surface area contributed by atoms with E-state index in [-0.39, 0.29) is 5.91 Å². The van der Waals surface area contributed by atoms with Crippen LogP contribution in [0.5, 0.6) is 0 Å². The second kappa shape index (κ2) is 6.28. The van der Waals surface area contributed by atoms with Gasteiger partial charge in [0, 0.05) is 42.4 Å². The highest BCUT2D eigenvalue weighted by Crippen LogP contribution is 2.20. The minimum absolute atomic E-state index is 0.126. The lowest BCUT2D eigenvalue weighted by Crippen LogP contribution is -2.41. The van der Waals surface area contributed by atoms with Gasteiger partial charge in [-0.3, -0.25) is 4.79 Å². The molecule has 2 heterocycles. The zero-order valence-corrected chi connectivity index (χ0v) is 12.6. The molecule has 1 saturated heterocycles. The number of thioether (sulfide) groups is 1. The van der Waals surface area contributed by atoms with Crippen LogP contribution in [0.3, 0.4) is 0 Å². The molecule has 1 aliphatic heterocycles. The summed E-state index contributed by atoms with van der Waals surface area (Å²) in [5, 5.41) is 3.54. The molecule has 1 aromatic rings. The fourth-order valence-electron chi connectivity index (χ4n) is 2.21. The first-order chi connectivity index (χ1) is 9.13. The number of hydrogen-bond donors (Lipinski definition) is 1. The lowest BCUT2D eigenvalue weighted by molar-refractivity contribution is 0.0763. The summed E-state index contributed by atoms with van der Waals surface area (Å²) in [6.45, 7) is 5.90. The summed E-state index contributed by atoms with van der Waals surface area (Å²) in [5.41, 5.74) is 1.70. The number of amides is 1. The Balaban J connectivity index is 2.22. The van der Waals surface area contributed by atoms with Crippen LogP contribution >= 0.6 is 11.8 Å². The Morgan fingerprint density at radius 1 is 1.58 bits per heavy atom. The van der Waals surface area contributed by atoms with Crippen LogP contribution in [0, 0.1) is 0 Å². The van der Waals surface area contributed by atoms with Crippen LogP contribution in [-0.4, -0.2) is 46.9 Å². The smallest absolute Gasteiger partial charge is 0.254 e. The van der Waals surface area contributed by atoms with Crippen molar-refractivity contribution in [3.63, 3.8) is 0 Å². The van der Waals surface area contributed by atoms with Gasteiger partial charge >= 0.3 is 0 Å². The second-order valence-corrected chi connectivity index (χ2v) is 6.31. The monoisotopic (exact) mass is 279 g/mol. The number of carbonyl (C=O) groups excluding carboxylic acids is 1. The lowest BCUT2D eigenvalue weighted by Gasteiger charge is -2.30. The fourth-order valence-corrected chi connectivity index (χ4v) is 3.22. The second-order valence-electron chi connectivity index (χ2n) is 4.77. The summed E-state index contributed by atoms with van der Waals surface area (Å²) in [6.07, 6.45) is 0.835. The van der Waals surface area contributed by atoms with Crippen molar-refractivity contribution in [2.75, 3.05) is 31.2 Å². The number of aryl methyl sites for hydroxylation is 1. The van der Waals surface area contributed by atoms with Crippen molar-refractivity contribution in [2.45, 2.75) is 25.5 Å². The van der Waals surface area contributed by atoms with Crippen molar-refractivity contribution in [3.8, 4) is 0 Å². The van der Waals surface area contributed by atoms with Gasteiger partial charge in [0.15, 0.2) is 0 Å². The van der Waals surface area contributed by atoms with Gasteiger partial charge in [0.1, 0.15) is 5.82 Å². The predicted molar refractivity (Wildman–Crippen MR) is 81.0 cm³/mol. The Hall–Kier alpha value is -1.23. The Kier molecular flexibility index (Phi) is 4.69. The quantitative estimate of drug-likeness (QED) is 0.922. The molecule has 0 aromatic carbocycles. The van der Waals surface area contributed by atoms with Gasteiger partial charge in [-0.05, 0) is 18.6 Å². The van der Waals surface area contributed by atoms with E-state index in [1.54, 1.807) is 0 Å².